The predicted molar refractivity (Wildman–Crippen MR) is 121 cm³/mol. The second kappa shape index (κ2) is 12.3. The van der Waals surface area contributed by atoms with Crippen LogP contribution < -0.4 is 10.1 Å². The van der Waals surface area contributed by atoms with Crippen LogP contribution in [0.15, 0.2) is 23.1 Å². The monoisotopic (exact) mass is 473 g/mol. The summed E-state index contributed by atoms with van der Waals surface area (Å²) in [5.41, 5.74) is 0.360. The lowest BCUT2D eigenvalue weighted by atomic mass is 10.3. The van der Waals surface area contributed by atoms with E-state index in [0.717, 1.165) is 0 Å². The standard InChI is InChI=1S/C20H31N3O6S2/c1-4-23(5-2)31(26,27)18-13-16(7-8-17(18)29-6-3)21-19(24)14-30-15-20(25)22-9-11-28-12-10-22/h7-8,13H,4-6,9-12,14-15H2,1-3H3,(H,21,24). The van der Waals surface area contributed by atoms with Gasteiger partial charge in [0.25, 0.3) is 0 Å². The highest BCUT2D eigenvalue weighted by atomic mass is 32.2. The molecule has 0 bridgehead atoms. The topological polar surface area (TPSA) is 105 Å². The summed E-state index contributed by atoms with van der Waals surface area (Å²) in [6, 6.07) is 4.57. The Bertz CT molecular complexity index is 852. The summed E-state index contributed by atoms with van der Waals surface area (Å²) in [4.78, 5) is 26.2. The van der Waals surface area contributed by atoms with E-state index in [2.05, 4.69) is 5.32 Å². The quantitative estimate of drug-likeness (QED) is 0.521. The fourth-order valence-electron chi connectivity index (χ4n) is 3.10. The van der Waals surface area contributed by atoms with Gasteiger partial charge in [0, 0.05) is 31.9 Å². The molecule has 9 nitrogen and oxygen atoms in total. The van der Waals surface area contributed by atoms with E-state index in [9.17, 15) is 18.0 Å². The van der Waals surface area contributed by atoms with E-state index in [1.165, 1.54) is 22.1 Å². The van der Waals surface area contributed by atoms with Crippen molar-refractivity contribution in [3.05, 3.63) is 18.2 Å². The van der Waals surface area contributed by atoms with Crippen molar-refractivity contribution in [2.75, 3.05) is 62.8 Å². The minimum Gasteiger partial charge on any atom is -0.492 e. The Morgan fingerprint density at radius 2 is 1.84 bits per heavy atom. The molecule has 1 aromatic carbocycles. The van der Waals surface area contributed by atoms with Gasteiger partial charge in [-0.3, -0.25) is 9.59 Å². The second-order valence-electron chi connectivity index (χ2n) is 6.72. The Hall–Kier alpha value is -1.82. The van der Waals surface area contributed by atoms with Gasteiger partial charge < -0.3 is 19.7 Å². The van der Waals surface area contributed by atoms with E-state index >= 15 is 0 Å². The van der Waals surface area contributed by atoms with E-state index in [4.69, 9.17) is 9.47 Å². The number of anilines is 1. The van der Waals surface area contributed by atoms with Crippen molar-refractivity contribution in [3.63, 3.8) is 0 Å². The van der Waals surface area contributed by atoms with Gasteiger partial charge in [0.2, 0.25) is 21.8 Å². The first-order valence-corrected chi connectivity index (χ1v) is 12.9. The van der Waals surface area contributed by atoms with Crippen molar-refractivity contribution >= 4 is 39.3 Å². The third-order valence-corrected chi connectivity index (χ3v) is 7.66. The number of rotatable bonds is 11. The summed E-state index contributed by atoms with van der Waals surface area (Å²) in [5, 5.41) is 2.71. The van der Waals surface area contributed by atoms with Gasteiger partial charge in [-0.15, -0.1) is 11.8 Å². The molecule has 11 heteroatoms. The minimum absolute atomic E-state index is 0.0187. The number of carbonyl (C=O) groups is 2. The van der Waals surface area contributed by atoms with Crippen LogP contribution in [0.5, 0.6) is 5.75 Å². The number of amides is 2. The molecular weight excluding hydrogens is 442 g/mol. The molecule has 31 heavy (non-hydrogen) atoms. The largest absolute Gasteiger partial charge is 0.492 e. The van der Waals surface area contributed by atoms with Gasteiger partial charge in [0.1, 0.15) is 10.6 Å². The summed E-state index contributed by atoms with van der Waals surface area (Å²) in [7, 11) is -3.76. The normalized spacial score (nSPS) is 14.5. The molecule has 0 radical (unpaired) electrons. The van der Waals surface area contributed by atoms with Crippen molar-refractivity contribution in [1.82, 2.24) is 9.21 Å². The number of thioether (sulfide) groups is 1. The summed E-state index contributed by atoms with van der Waals surface area (Å²) < 4.78 is 38.1. The van der Waals surface area contributed by atoms with E-state index in [0.29, 0.717) is 51.7 Å². The molecule has 1 N–H and O–H groups in total. The maximum Gasteiger partial charge on any atom is 0.246 e. The van der Waals surface area contributed by atoms with Crippen LogP contribution in [-0.2, 0) is 24.3 Å². The highest BCUT2D eigenvalue weighted by Crippen LogP contribution is 2.30. The second-order valence-corrected chi connectivity index (χ2v) is 9.61. The zero-order chi connectivity index (χ0) is 22.9. The first-order valence-electron chi connectivity index (χ1n) is 10.3. The fourth-order valence-corrected chi connectivity index (χ4v) is 5.43. The molecule has 1 aromatic rings. The molecule has 1 aliphatic rings. The molecule has 0 unspecified atom stereocenters. The number of carbonyl (C=O) groups excluding carboxylic acids is 2. The van der Waals surface area contributed by atoms with Crippen molar-refractivity contribution in [2.24, 2.45) is 0 Å². The van der Waals surface area contributed by atoms with Crippen molar-refractivity contribution in [2.45, 2.75) is 25.7 Å². The third-order valence-electron chi connectivity index (χ3n) is 4.67. The molecule has 0 aromatic heterocycles. The van der Waals surface area contributed by atoms with Crippen LogP contribution in [-0.4, -0.2) is 86.9 Å². The molecule has 1 heterocycles. The average molecular weight is 474 g/mol. The minimum atomic E-state index is -3.76. The molecular formula is C20H31N3O6S2. The van der Waals surface area contributed by atoms with Crippen LogP contribution in [0.3, 0.4) is 0 Å². The Kier molecular flexibility index (Phi) is 10.1. The highest BCUT2D eigenvalue weighted by molar-refractivity contribution is 8.00. The Morgan fingerprint density at radius 1 is 1.16 bits per heavy atom. The van der Waals surface area contributed by atoms with Crippen LogP contribution in [0, 0.1) is 0 Å². The smallest absolute Gasteiger partial charge is 0.246 e. The number of morpholine rings is 1. The zero-order valence-corrected chi connectivity index (χ0v) is 19.9. The number of benzene rings is 1. The van der Waals surface area contributed by atoms with Crippen LogP contribution in [0.1, 0.15) is 20.8 Å². The highest BCUT2D eigenvalue weighted by Gasteiger charge is 2.26. The lowest BCUT2D eigenvalue weighted by Gasteiger charge is -2.26. The lowest BCUT2D eigenvalue weighted by molar-refractivity contribution is -0.132. The van der Waals surface area contributed by atoms with Gasteiger partial charge in [-0.2, -0.15) is 4.31 Å². The molecule has 2 amide bonds. The summed E-state index contributed by atoms with van der Waals surface area (Å²) in [5.74, 6) is 0.211. The van der Waals surface area contributed by atoms with Crippen LogP contribution >= 0.6 is 11.8 Å². The average Bonchev–Trinajstić information content (AvgIpc) is 2.76. The summed E-state index contributed by atoms with van der Waals surface area (Å²) in [6.07, 6.45) is 0. The lowest BCUT2D eigenvalue weighted by Crippen LogP contribution is -2.41. The predicted octanol–water partition coefficient (Wildman–Crippen LogP) is 1.65. The molecule has 0 spiro atoms. The van der Waals surface area contributed by atoms with E-state index in [-0.39, 0.29) is 34.0 Å². The van der Waals surface area contributed by atoms with E-state index < -0.39 is 10.0 Å². The van der Waals surface area contributed by atoms with Crippen molar-refractivity contribution in [3.8, 4) is 5.75 Å². The number of ether oxygens (including phenoxy) is 2. The van der Waals surface area contributed by atoms with Gasteiger partial charge in [0.15, 0.2) is 0 Å². The molecule has 0 atom stereocenters. The fraction of sp³-hybridized carbons (Fsp3) is 0.600. The molecule has 1 saturated heterocycles. The van der Waals surface area contributed by atoms with Crippen LogP contribution in [0.25, 0.3) is 0 Å². The Morgan fingerprint density at radius 3 is 2.45 bits per heavy atom. The number of hydrogen-bond acceptors (Lipinski definition) is 7. The SMILES string of the molecule is CCOc1ccc(NC(=O)CSCC(=O)N2CCOCC2)cc1S(=O)(=O)N(CC)CC. The Labute approximate surface area is 188 Å². The molecule has 1 fully saturated rings. The van der Waals surface area contributed by atoms with Crippen LogP contribution in [0.4, 0.5) is 5.69 Å². The summed E-state index contributed by atoms with van der Waals surface area (Å²) in [6.45, 7) is 8.50. The van der Waals surface area contributed by atoms with Gasteiger partial charge >= 0.3 is 0 Å². The number of hydrogen-bond donors (Lipinski definition) is 1. The summed E-state index contributed by atoms with van der Waals surface area (Å²) >= 11 is 1.22. The molecule has 2 rings (SSSR count). The van der Waals surface area contributed by atoms with E-state index in [1.54, 1.807) is 37.8 Å². The van der Waals surface area contributed by atoms with Gasteiger partial charge in [0.05, 0.1) is 31.3 Å². The number of sulfonamides is 1. The third kappa shape index (κ3) is 7.09. The number of nitrogens with zero attached hydrogens (tertiary/aromatic N) is 2. The number of nitrogens with one attached hydrogen (secondary N) is 1. The molecule has 174 valence electrons. The first kappa shape index (κ1) is 25.4. The zero-order valence-electron chi connectivity index (χ0n) is 18.3. The molecule has 1 aliphatic heterocycles. The maximum atomic E-state index is 13.0. The van der Waals surface area contributed by atoms with Crippen molar-refractivity contribution < 1.29 is 27.5 Å². The van der Waals surface area contributed by atoms with Gasteiger partial charge in [-0.05, 0) is 25.1 Å². The van der Waals surface area contributed by atoms with Gasteiger partial charge in [-0.1, -0.05) is 13.8 Å². The molecule has 0 saturated carbocycles. The van der Waals surface area contributed by atoms with E-state index in [1.807, 2.05) is 0 Å². The maximum absolute atomic E-state index is 13.0. The van der Waals surface area contributed by atoms with Crippen LogP contribution in [0.2, 0.25) is 0 Å². The van der Waals surface area contributed by atoms with Gasteiger partial charge in [-0.25, -0.2) is 8.42 Å². The first-order chi connectivity index (χ1) is 14.8. The van der Waals surface area contributed by atoms with Crippen molar-refractivity contribution in [1.29, 1.82) is 0 Å². The Balaban J connectivity index is 2.02. The molecule has 0 aliphatic carbocycles.